The molecular weight excluding hydrogens is 264 g/mol. The molecule has 4 heteroatoms. The van der Waals surface area contributed by atoms with Gasteiger partial charge in [0, 0.05) is 11.5 Å². The zero-order chi connectivity index (χ0) is 14.7. The third-order valence-corrected chi connectivity index (χ3v) is 3.28. The van der Waals surface area contributed by atoms with Crippen molar-refractivity contribution in [3.8, 4) is 5.88 Å². The van der Waals surface area contributed by atoms with Gasteiger partial charge in [0.1, 0.15) is 11.3 Å². The van der Waals surface area contributed by atoms with E-state index in [-0.39, 0.29) is 6.04 Å². The van der Waals surface area contributed by atoms with E-state index in [1.807, 2.05) is 43.3 Å². The Morgan fingerprint density at radius 2 is 2.10 bits per heavy atom. The maximum Gasteiger partial charge on any atom is 0.213 e. The van der Waals surface area contributed by atoms with Crippen molar-refractivity contribution < 1.29 is 9.15 Å². The van der Waals surface area contributed by atoms with Gasteiger partial charge in [-0.25, -0.2) is 4.98 Å². The molecule has 1 N–H and O–H groups in total. The molecule has 0 saturated carbocycles. The third-order valence-electron chi connectivity index (χ3n) is 3.28. The van der Waals surface area contributed by atoms with Crippen LogP contribution in [0.15, 0.2) is 53.1 Å². The summed E-state index contributed by atoms with van der Waals surface area (Å²) in [5.41, 5.74) is 1.84. The van der Waals surface area contributed by atoms with Gasteiger partial charge in [-0.1, -0.05) is 18.2 Å². The number of nitrogens with one attached hydrogen (secondary N) is 1. The molecule has 1 aromatic carbocycles. The molecule has 0 aliphatic rings. The minimum absolute atomic E-state index is 0.0668. The summed E-state index contributed by atoms with van der Waals surface area (Å²) in [6, 6.07) is 14.0. The predicted molar refractivity (Wildman–Crippen MR) is 83.7 cm³/mol. The van der Waals surface area contributed by atoms with Crippen LogP contribution in [0.2, 0.25) is 0 Å². The number of anilines is 1. The number of aromatic nitrogens is 1. The molecule has 1 atom stereocenters. The molecule has 108 valence electrons. The average Bonchev–Trinajstić information content (AvgIpc) is 2.94. The Morgan fingerprint density at radius 3 is 2.81 bits per heavy atom. The van der Waals surface area contributed by atoms with E-state index in [2.05, 4.69) is 23.3 Å². The lowest BCUT2D eigenvalue weighted by molar-refractivity contribution is 0.327. The number of para-hydroxylation sites is 1. The lowest BCUT2D eigenvalue weighted by atomic mass is 10.2. The average molecular weight is 282 g/mol. The Labute approximate surface area is 123 Å². The second-order valence-electron chi connectivity index (χ2n) is 4.87. The van der Waals surface area contributed by atoms with Crippen molar-refractivity contribution in [1.82, 2.24) is 4.98 Å². The lowest BCUT2D eigenvalue weighted by Crippen LogP contribution is -2.06. The summed E-state index contributed by atoms with van der Waals surface area (Å²) >= 11 is 0. The van der Waals surface area contributed by atoms with Crippen molar-refractivity contribution in [1.29, 1.82) is 0 Å². The summed E-state index contributed by atoms with van der Waals surface area (Å²) in [6.07, 6.45) is 1.77. The van der Waals surface area contributed by atoms with E-state index in [4.69, 9.17) is 9.15 Å². The largest absolute Gasteiger partial charge is 0.478 e. The minimum atomic E-state index is 0.0668. The van der Waals surface area contributed by atoms with E-state index >= 15 is 0 Å². The summed E-state index contributed by atoms with van der Waals surface area (Å²) in [4.78, 5) is 4.24. The number of nitrogens with zero attached hydrogens (tertiary/aromatic N) is 1. The van der Waals surface area contributed by atoms with Crippen LogP contribution in [-0.2, 0) is 0 Å². The summed E-state index contributed by atoms with van der Waals surface area (Å²) in [6.45, 7) is 4.63. The zero-order valence-corrected chi connectivity index (χ0v) is 12.2. The second-order valence-corrected chi connectivity index (χ2v) is 4.87. The van der Waals surface area contributed by atoms with Gasteiger partial charge in [-0.2, -0.15) is 0 Å². The first-order valence-electron chi connectivity index (χ1n) is 7.10. The van der Waals surface area contributed by atoms with Crippen LogP contribution in [0.25, 0.3) is 11.0 Å². The molecular formula is C17H18N2O2. The number of hydrogen-bond acceptors (Lipinski definition) is 4. The van der Waals surface area contributed by atoms with Gasteiger partial charge in [0.2, 0.25) is 5.88 Å². The van der Waals surface area contributed by atoms with Crippen LogP contribution in [0.4, 0.5) is 5.69 Å². The minimum Gasteiger partial charge on any atom is -0.478 e. The van der Waals surface area contributed by atoms with Gasteiger partial charge in [0.25, 0.3) is 0 Å². The summed E-state index contributed by atoms with van der Waals surface area (Å²) in [7, 11) is 0. The quantitative estimate of drug-likeness (QED) is 0.753. The normalized spacial score (nSPS) is 12.3. The van der Waals surface area contributed by atoms with E-state index in [0.29, 0.717) is 12.5 Å². The number of furan rings is 1. The molecule has 3 aromatic rings. The zero-order valence-electron chi connectivity index (χ0n) is 12.2. The molecule has 2 aromatic heterocycles. The highest BCUT2D eigenvalue weighted by Crippen LogP contribution is 2.26. The molecule has 4 nitrogen and oxygen atoms in total. The first-order chi connectivity index (χ1) is 10.3. The van der Waals surface area contributed by atoms with Gasteiger partial charge in [-0.15, -0.1) is 0 Å². The molecule has 0 amide bonds. The topological polar surface area (TPSA) is 47.3 Å². The molecule has 0 bridgehead atoms. The second kappa shape index (κ2) is 5.87. The smallest absolute Gasteiger partial charge is 0.213 e. The van der Waals surface area contributed by atoms with Crippen LogP contribution in [0.5, 0.6) is 5.88 Å². The highest BCUT2D eigenvalue weighted by atomic mass is 16.5. The van der Waals surface area contributed by atoms with Crippen molar-refractivity contribution in [2.45, 2.75) is 19.9 Å². The highest BCUT2D eigenvalue weighted by molar-refractivity contribution is 5.77. The van der Waals surface area contributed by atoms with Crippen molar-refractivity contribution >= 4 is 16.7 Å². The predicted octanol–water partition coefficient (Wildman–Crippen LogP) is 4.40. The van der Waals surface area contributed by atoms with Gasteiger partial charge >= 0.3 is 0 Å². The summed E-state index contributed by atoms with van der Waals surface area (Å²) in [5, 5.41) is 4.49. The van der Waals surface area contributed by atoms with Crippen LogP contribution in [-0.4, -0.2) is 11.6 Å². The van der Waals surface area contributed by atoms with Crippen molar-refractivity contribution in [3.05, 3.63) is 54.4 Å². The number of rotatable bonds is 5. The van der Waals surface area contributed by atoms with Crippen molar-refractivity contribution in [2.24, 2.45) is 0 Å². The number of benzene rings is 1. The SMILES string of the molecule is CCOc1ccc(NC(C)c2cc3ccccc3o2)cn1. The monoisotopic (exact) mass is 282 g/mol. The molecule has 1 unspecified atom stereocenters. The molecule has 2 heterocycles. The maximum absolute atomic E-state index is 5.86. The Kier molecular flexibility index (Phi) is 3.77. The molecule has 3 rings (SSSR count). The summed E-state index contributed by atoms with van der Waals surface area (Å²) < 4.78 is 11.2. The highest BCUT2D eigenvalue weighted by Gasteiger charge is 2.11. The fourth-order valence-corrected chi connectivity index (χ4v) is 2.24. The standard InChI is InChI=1S/C17H18N2O2/c1-3-20-17-9-8-14(11-18-17)19-12(2)16-10-13-6-4-5-7-15(13)21-16/h4-12,19H,3H2,1-2H3. The molecule has 0 spiro atoms. The van der Waals surface area contributed by atoms with Gasteiger partial charge < -0.3 is 14.5 Å². The fourth-order valence-electron chi connectivity index (χ4n) is 2.24. The van der Waals surface area contributed by atoms with E-state index in [1.54, 1.807) is 6.20 Å². The van der Waals surface area contributed by atoms with Crippen LogP contribution in [0.1, 0.15) is 25.6 Å². The van der Waals surface area contributed by atoms with Gasteiger partial charge in [-0.05, 0) is 32.0 Å². The molecule has 0 fully saturated rings. The Hall–Kier alpha value is -2.49. The Morgan fingerprint density at radius 1 is 1.24 bits per heavy atom. The van der Waals surface area contributed by atoms with Crippen LogP contribution < -0.4 is 10.1 Å². The fraction of sp³-hybridized carbons (Fsp3) is 0.235. The maximum atomic E-state index is 5.86. The number of pyridine rings is 1. The molecule has 0 saturated heterocycles. The van der Waals surface area contributed by atoms with Gasteiger partial charge in [-0.3, -0.25) is 0 Å². The van der Waals surface area contributed by atoms with E-state index < -0.39 is 0 Å². The van der Waals surface area contributed by atoms with E-state index in [1.165, 1.54) is 0 Å². The van der Waals surface area contributed by atoms with Crippen molar-refractivity contribution in [3.63, 3.8) is 0 Å². The molecule has 21 heavy (non-hydrogen) atoms. The van der Waals surface area contributed by atoms with Crippen LogP contribution >= 0.6 is 0 Å². The Bertz CT molecular complexity index is 686. The number of hydrogen-bond donors (Lipinski definition) is 1. The van der Waals surface area contributed by atoms with E-state index in [0.717, 1.165) is 22.4 Å². The van der Waals surface area contributed by atoms with Crippen LogP contribution in [0, 0.1) is 0 Å². The van der Waals surface area contributed by atoms with E-state index in [9.17, 15) is 0 Å². The number of ether oxygens (including phenoxy) is 1. The Balaban J connectivity index is 1.74. The molecule has 0 radical (unpaired) electrons. The molecule has 0 aliphatic heterocycles. The van der Waals surface area contributed by atoms with Crippen LogP contribution in [0.3, 0.4) is 0 Å². The van der Waals surface area contributed by atoms with Crippen molar-refractivity contribution in [2.75, 3.05) is 11.9 Å². The first-order valence-corrected chi connectivity index (χ1v) is 7.10. The first kappa shape index (κ1) is 13.5. The molecule has 0 aliphatic carbocycles. The van der Waals surface area contributed by atoms with Gasteiger partial charge in [0.15, 0.2) is 0 Å². The van der Waals surface area contributed by atoms with Gasteiger partial charge in [0.05, 0.1) is 24.5 Å². The number of fused-ring (bicyclic) bond motifs is 1. The third kappa shape index (κ3) is 2.99. The summed E-state index contributed by atoms with van der Waals surface area (Å²) in [5.74, 6) is 1.55. The lowest BCUT2D eigenvalue weighted by Gasteiger charge is -2.12.